The van der Waals surface area contributed by atoms with Gasteiger partial charge in [0.05, 0.1) is 39.4 Å². The topological polar surface area (TPSA) is 371 Å². The molecule has 0 amide bonds. The lowest BCUT2D eigenvalue weighted by Crippen LogP contribution is -2.29. The van der Waals surface area contributed by atoms with Crippen LogP contribution in [0.1, 0.15) is 52.6 Å². The van der Waals surface area contributed by atoms with Crippen molar-refractivity contribution < 1.29 is 68.3 Å². The van der Waals surface area contributed by atoms with E-state index in [2.05, 4.69) is 31.3 Å². The molecule has 0 saturated heterocycles. The monoisotopic (exact) mass is 865 g/mol. The smallest absolute Gasteiger partial charge is 0.337 e. The van der Waals surface area contributed by atoms with Crippen LogP contribution >= 0.6 is 0 Å². The third-order valence-electron chi connectivity index (χ3n) is 8.31. The summed E-state index contributed by atoms with van der Waals surface area (Å²) in [5.41, 5.74) is 4.47. The first kappa shape index (κ1) is 41.3. The second kappa shape index (κ2) is 15.2. The summed E-state index contributed by atoms with van der Waals surface area (Å²) in [6, 6.07) is 14.5. The maximum atomic E-state index is 13.9. The van der Waals surface area contributed by atoms with Crippen molar-refractivity contribution in [1.82, 2.24) is 0 Å². The number of hydrogen-bond donors (Lipinski definition) is 8. The number of benzene rings is 4. The molecule has 302 valence electrons. The molecule has 25 heteroatoms. The van der Waals surface area contributed by atoms with Gasteiger partial charge in [0.15, 0.2) is 11.4 Å². The zero-order chi connectivity index (χ0) is 43.2. The van der Waals surface area contributed by atoms with Gasteiger partial charge in [-0.25, -0.2) is 9.59 Å². The second-order valence-electron chi connectivity index (χ2n) is 12.0. The molecule has 0 spiro atoms. The SMILES string of the molecule is Nc1c(N=Nc2ccc3c(c2)C=C(S(=O)(=O)O)/C(=N\Nc2ccccc2C(=O)O)C3=O)cc(S(=O)(=O)O)c2c1C(=O)/C(=N/Nc1ccccc1C(=O)O)C(S(=O)(=O)O)=C2. The Bertz CT molecular complexity index is 3080. The van der Waals surface area contributed by atoms with Crippen molar-refractivity contribution in [2.45, 2.75) is 4.90 Å². The van der Waals surface area contributed by atoms with Gasteiger partial charge in [-0.15, -0.1) is 5.11 Å². The van der Waals surface area contributed by atoms with Crippen LogP contribution in [0.3, 0.4) is 0 Å². The predicted molar refractivity (Wildman–Crippen MR) is 208 cm³/mol. The number of allylic oxidation sites excluding steroid dienone is 2. The summed E-state index contributed by atoms with van der Waals surface area (Å²) >= 11 is 0. The van der Waals surface area contributed by atoms with Crippen molar-refractivity contribution in [2.24, 2.45) is 20.4 Å². The molecule has 0 unspecified atom stereocenters. The fourth-order valence-electron chi connectivity index (χ4n) is 5.66. The third kappa shape index (κ3) is 8.26. The summed E-state index contributed by atoms with van der Waals surface area (Å²) < 4.78 is 105. The Morgan fingerprint density at radius 1 is 0.627 bits per heavy atom. The molecule has 0 radical (unpaired) electrons. The van der Waals surface area contributed by atoms with Gasteiger partial charge in [-0.3, -0.25) is 34.1 Å². The lowest BCUT2D eigenvalue weighted by atomic mass is 9.92. The molecule has 0 atom stereocenters. The highest BCUT2D eigenvalue weighted by Gasteiger charge is 2.38. The van der Waals surface area contributed by atoms with E-state index in [1.54, 1.807) is 0 Å². The molecule has 2 aliphatic rings. The number of Topliss-reactive ketones (excluding diaryl/α,β-unsaturated/α-hetero) is 2. The number of aromatic carboxylic acids is 2. The number of nitrogens with zero attached hydrogens (tertiary/aromatic N) is 4. The molecule has 4 aromatic rings. The number of carbonyl (C=O) groups is 4. The van der Waals surface area contributed by atoms with Crippen molar-refractivity contribution in [3.8, 4) is 0 Å². The number of hydrazone groups is 2. The van der Waals surface area contributed by atoms with Crippen LogP contribution < -0.4 is 16.6 Å². The third-order valence-corrected chi connectivity index (χ3v) is 10.9. The predicted octanol–water partition coefficient (Wildman–Crippen LogP) is 4.11. The number of rotatable bonds is 11. The summed E-state index contributed by atoms with van der Waals surface area (Å²) in [6.07, 6.45) is 1.33. The van der Waals surface area contributed by atoms with E-state index < -0.39 is 102 Å². The van der Waals surface area contributed by atoms with Crippen molar-refractivity contribution in [1.29, 1.82) is 0 Å². The summed E-state index contributed by atoms with van der Waals surface area (Å²) in [4.78, 5) is 47.2. The normalized spacial score (nSPS) is 15.7. The van der Waals surface area contributed by atoms with E-state index in [0.717, 1.165) is 24.3 Å². The number of anilines is 3. The number of carbonyl (C=O) groups excluding carboxylic acids is 2. The van der Waals surface area contributed by atoms with Crippen molar-refractivity contribution >= 4 is 106 Å². The number of hydrogen-bond acceptors (Lipinski definition) is 17. The number of carboxylic acids is 2. The number of azo groups is 1. The van der Waals surface area contributed by atoms with E-state index in [4.69, 9.17) is 5.73 Å². The maximum absolute atomic E-state index is 13.9. The molecule has 22 nitrogen and oxygen atoms in total. The van der Waals surface area contributed by atoms with E-state index in [0.29, 0.717) is 12.1 Å². The molecule has 59 heavy (non-hydrogen) atoms. The Hall–Kier alpha value is -7.29. The molecule has 0 saturated carbocycles. The minimum atomic E-state index is -5.38. The van der Waals surface area contributed by atoms with Crippen molar-refractivity contribution in [3.63, 3.8) is 0 Å². The molecule has 2 aliphatic carbocycles. The van der Waals surface area contributed by atoms with E-state index in [9.17, 15) is 68.3 Å². The van der Waals surface area contributed by atoms with Gasteiger partial charge in [-0.1, -0.05) is 24.3 Å². The minimum Gasteiger partial charge on any atom is -0.478 e. The Balaban J connectivity index is 1.43. The van der Waals surface area contributed by atoms with E-state index >= 15 is 0 Å². The Kier molecular flexibility index (Phi) is 10.7. The summed E-state index contributed by atoms with van der Waals surface area (Å²) in [5.74, 6) is -5.29. The molecule has 0 bridgehead atoms. The standard InChI is InChI=1S/C34H23N7O15S3/c35-28-23(14-24(57(48,49)50)20-13-26(59(54,55)56)30(32(43)27(20)28)41-38-22-8-4-2-6-19(22)34(46)47)39-36-16-9-10-17-15(11-16)12-25(58(51,52)53)29(31(17)42)40-37-21-7-3-1-5-18(21)33(44)45/h1-14,37-38H,35H2,(H,44,45)(H,46,47)(H,48,49,50)(H,51,52,53)(H,54,55,56)/b39-36?,40-29+,41-30+. The maximum Gasteiger partial charge on any atom is 0.337 e. The lowest BCUT2D eigenvalue weighted by Gasteiger charge is -2.20. The van der Waals surface area contributed by atoms with Gasteiger partial charge in [-0.2, -0.15) is 40.6 Å². The van der Waals surface area contributed by atoms with Crippen molar-refractivity contribution in [3.05, 3.63) is 116 Å². The summed E-state index contributed by atoms with van der Waals surface area (Å²) in [5, 5.41) is 34.1. The van der Waals surface area contributed by atoms with Crippen LogP contribution in [0.5, 0.6) is 0 Å². The van der Waals surface area contributed by atoms with Gasteiger partial charge in [0, 0.05) is 11.1 Å². The first-order valence-corrected chi connectivity index (χ1v) is 20.2. The first-order valence-electron chi connectivity index (χ1n) is 15.9. The minimum absolute atomic E-state index is 0.117. The molecule has 0 aromatic heterocycles. The lowest BCUT2D eigenvalue weighted by molar-refractivity contribution is 0.0687. The Morgan fingerprint density at radius 2 is 1.14 bits per heavy atom. The molecule has 0 aliphatic heterocycles. The number of nitrogen functional groups attached to an aromatic ring is 1. The fourth-order valence-corrected chi connectivity index (χ4v) is 7.67. The zero-order valence-corrected chi connectivity index (χ0v) is 31.4. The second-order valence-corrected chi connectivity index (χ2v) is 16.2. The number of fused-ring (bicyclic) bond motifs is 2. The van der Waals surface area contributed by atoms with Gasteiger partial charge < -0.3 is 15.9 Å². The highest BCUT2D eigenvalue weighted by Crippen LogP contribution is 2.40. The summed E-state index contributed by atoms with van der Waals surface area (Å²) in [7, 11) is -15.9. The zero-order valence-electron chi connectivity index (χ0n) is 29.0. The molecule has 9 N–H and O–H groups in total. The number of nitrogens with two attached hydrogens (primary N) is 1. The fraction of sp³-hybridized carbons (Fsp3) is 0. The van der Waals surface area contributed by atoms with Crippen LogP contribution in [0, 0.1) is 0 Å². The highest BCUT2D eigenvalue weighted by molar-refractivity contribution is 7.91. The van der Waals surface area contributed by atoms with Crippen LogP contribution in [0.2, 0.25) is 0 Å². The van der Waals surface area contributed by atoms with Crippen LogP contribution in [0.15, 0.2) is 108 Å². The van der Waals surface area contributed by atoms with Crippen LogP contribution in [-0.2, 0) is 30.4 Å². The molecular weight excluding hydrogens is 843 g/mol. The average Bonchev–Trinajstić information content (AvgIpc) is 3.15. The van der Waals surface area contributed by atoms with E-state index in [1.165, 1.54) is 48.5 Å². The highest BCUT2D eigenvalue weighted by atomic mass is 32.2. The van der Waals surface area contributed by atoms with E-state index in [-0.39, 0.29) is 39.3 Å². The molecular formula is C34H23N7O15S3. The molecule has 6 rings (SSSR count). The summed E-state index contributed by atoms with van der Waals surface area (Å²) in [6.45, 7) is 0. The van der Waals surface area contributed by atoms with Crippen molar-refractivity contribution in [2.75, 3.05) is 16.6 Å². The van der Waals surface area contributed by atoms with E-state index in [1.807, 2.05) is 0 Å². The first-order chi connectivity index (χ1) is 27.6. The van der Waals surface area contributed by atoms with Gasteiger partial charge in [-0.05, 0) is 66.2 Å². The van der Waals surface area contributed by atoms with Gasteiger partial charge in [0.1, 0.15) is 20.4 Å². The molecule has 0 heterocycles. The molecule has 0 fully saturated rings. The van der Waals surface area contributed by atoms with Crippen LogP contribution in [0.25, 0.3) is 12.2 Å². The number of para-hydroxylation sites is 2. The largest absolute Gasteiger partial charge is 0.478 e. The quantitative estimate of drug-likeness (QED) is 0.0455. The van der Waals surface area contributed by atoms with Crippen LogP contribution in [-0.4, -0.2) is 84.1 Å². The number of ketones is 2. The van der Waals surface area contributed by atoms with Gasteiger partial charge >= 0.3 is 11.9 Å². The Morgan fingerprint density at radius 3 is 1.64 bits per heavy atom. The molecule has 4 aromatic carbocycles. The van der Waals surface area contributed by atoms with Gasteiger partial charge in [0.25, 0.3) is 30.4 Å². The number of nitrogens with one attached hydrogen (secondary N) is 2. The van der Waals surface area contributed by atoms with Crippen LogP contribution in [0.4, 0.5) is 28.4 Å². The Labute approximate surface area is 331 Å². The van der Waals surface area contributed by atoms with Gasteiger partial charge in [0.2, 0.25) is 11.6 Å². The average molecular weight is 866 g/mol. The number of carboxylic acid groups (broad SMARTS) is 2.